The van der Waals surface area contributed by atoms with Crippen molar-refractivity contribution in [2.24, 2.45) is 5.41 Å². The van der Waals surface area contributed by atoms with Gasteiger partial charge in [-0.05, 0) is 44.2 Å². The lowest BCUT2D eigenvalue weighted by molar-refractivity contribution is 0.0113. The fourth-order valence-corrected chi connectivity index (χ4v) is 4.94. The van der Waals surface area contributed by atoms with Crippen LogP contribution in [0.25, 0.3) is 0 Å². The summed E-state index contributed by atoms with van der Waals surface area (Å²) in [5.74, 6) is 0.153. The number of carbonyl (C=O) groups excluding carboxylic acids is 1. The summed E-state index contributed by atoms with van der Waals surface area (Å²) in [5.41, 5.74) is 3.33. The molecule has 3 heterocycles. The van der Waals surface area contributed by atoms with E-state index in [-0.39, 0.29) is 11.3 Å². The highest BCUT2D eigenvalue weighted by molar-refractivity contribution is 5.95. The Morgan fingerprint density at radius 1 is 1.15 bits per heavy atom. The third kappa shape index (κ3) is 3.93. The maximum absolute atomic E-state index is 13.1. The molecule has 144 valence electrons. The van der Waals surface area contributed by atoms with Crippen LogP contribution in [0.2, 0.25) is 0 Å². The molecular weight excluding hydrogens is 336 g/mol. The fourth-order valence-electron chi connectivity index (χ4n) is 4.94. The summed E-state index contributed by atoms with van der Waals surface area (Å²) < 4.78 is 0. The van der Waals surface area contributed by atoms with Gasteiger partial charge in [0.25, 0.3) is 5.91 Å². The van der Waals surface area contributed by atoms with E-state index in [2.05, 4.69) is 57.3 Å². The van der Waals surface area contributed by atoms with Gasteiger partial charge in [0.15, 0.2) is 0 Å². The van der Waals surface area contributed by atoms with Gasteiger partial charge in [-0.2, -0.15) is 5.10 Å². The van der Waals surface area contributed by atoms with Gasteiger partial charge in [-0.1, -0.05) is 37.3 Å². The number of H-pyrrole nitrogens is 1. The van der Waals surface area contributed by atoms with Gasteiger partial charge in [0.05, 0.1) is 11.8 Å². The van der Waals surface area contributed by atoms with Gasteiger partial charge >= 0.3 is 0 Å². The van der Waals surface area contributed by atoms with Crippen molar-refractivity contribution in [1.82, 2.24) is 20.0 Å². The summed E-state index contributed by atoms with van der Waals surface area (Å²) in [6.45, 7) is 7.08. The zero-order valence-corrected chi connectivity index (χ0v) is 16.3. The van der Waals surface area contributed by atoms with Crippen molar-refractivity contribution in [2.75, 3.05) is 26.2 Å². The lowest BCUT2D eigenvalue weighted by Gasteiger charge is -2.48. The normalized spacial score (nSPS) is 23.7. The SMILES string of the molecule is CCc1[nH]ncc1C(=O)N1CCC[C@@]2(CCCN(Cc3ccccc3)C2)C1. The minimum atomic E-state index is 0.153. The number of aryl methyl sites for hydroxylation is 1. The van der Waals surface area contributed by atoms with Crippen LogP contribution >= 0.6 is 0 Å². The Morgan fingerprint density at radius 2 is 1.93 bits per heavy atom. The van der Waals surface area contributed by atoms with Crippen molar-refractivity contribution in [2.45, 2.75) is 45.6 Å². The first kappa shape index (κ1) is 18.2. The number of hydrogen-bond acceptors (Lipinski definition) is 3. The summed E-state index contributed by atoms with van der Waals surface area (Å²) >= 11 is 0. The molecule has 27 heavy (non-hydrogen) atoms. The molecule has 1 spiro atoms. The molecular formula is C22H30N4O. The number of nitrogens with one attached hydrogen (secondary N) is 1. The molecule has 5 nitrogen and oxygen atoms in total. The number of carbonyl (C=O) groups is 1. The van der Waals surface area contributed by atoms with Gasteiger partial charge in [0.1, 0.15) is 0 Å². The number of aromatic nitrogens is 2. The van der Waals surface area contributed by atoms with Gasteiger partial charge in [-0.3, -0.25) is 14.8 Å². The molecule has 2 aromatic rings. The molecule has 0 saturated carbocycles. The Kier molecular flexibility index (Phi) is 5.30. The van der Waals surface area contributed by atoms with Crippen LogP contribution in [-0.2, 0) is 13.0 Å². The van der Waals surface area contributed by atoms with Crippen molar-refractivity contribution in [3.63, 3.8) is 0 Å². The Labute approximate surface area is 161 Å². The Bertz CT molecular complexity index is 768. The fraction of sp³-hybridized carbons (Fsp3) is 0.545. The summed E-state index contributed by atoms with van der Waals surface area (Å²) in [5, 5.41) is 7.07. The molecule has 0 bridgehead atoms. The van der Waals surface area contributed by atoms with E-state index in [0.29, 0.717) is 0 Å². The van der Waals surface area contributed by atoms with Crippen LogP contribution in [0.5, 0.6) is 0 Å². The van der Waals surface area contributed by atoms with Crippen LogP contribution in [0, 0.1) is 5.41 Å². The third-order valence-corrected chi connectivity index (χ3v) is 6.24. The second-order valence-electron chi connectivity index (χ2n) is 8.25. The standard InChI is InChI=1S/C22H30N4O/c1-2-20-19(14-23-24-20)21(27)26-13-7-11-22(17-26)10-6-12-25(16-22)15-18-8-4-3-5-9-18/h3-5,8-9,14H,2,6-7,10-13,15-17H2,1H3,(H,23,24)/t22-/m1/s1. The minimum Gasteiger partial charge on any atom is -0.338 e. The van der Waals surface area contributed by atoms with Crippen molar-refractivity contribution in [1.29, 1.82) is 0 Å². The zero-order valence-electron chi connectivity index (χ0n) is 16.3. The van der Waals surface area contributed by atoms with Crippen molar-refractivity contribution in [3.8, 4) is 0 Å². The Morgan fingerprint density at radius 3 is 2.70 bits per heavy atom. The van der Waals surface area contributed by atoms with E-state index in [4.69, 9.17) is 0 Å². The van der Waals surface area contributed by atoms with Crippen LogP contribution in [0.15, 0.2) is 36.5 Å². The molecule has 5 heteroatoms. The van der Waals surface area contributed by atoms with Gasteiger partial charge in [-0.15, -0.1) is 0 Å². The molecule has 1 aromatic heterocycles. The number of piperidine rings is 2. The van der Waals surface area contributed by atoms with Gasteiger partial charge < -0.3 is 4.90 Å². The highest BCUT2D eigenvalue weighted by Gasteiger charge is 2.40. The second-order valence-corrected chi connectivity index (χ2v) is 8.25. The molecule has 0 unspecified atom stereocenters. The van der Waals surface area contributed by atoms with E-state index < -0.39 is 0 Å². The number of rotatable bonds is 4. The first-order chi connectivity index (χ1) is 13.2. The monoisotopic (exact) mass is 366 g/mol. The summed E-state index contributed by atoms with van der Waals surface area (Å²) in [4.78, 5) is 17.8. The number of nitrogens with zero attached hydrogens (tertiary/aromatic N) is 3. The number of amides is 1. The van der Waals surface area contributed by atoms with Gasteiger partial charge in [-0.25, -0.2) is 0 Å². The third-order valence-electron chi connectivity index (χ3n) is 6.24. The maximum Gasteiger partial charge on any atom is 0.257 e. The summed E-state index contributed by atoms with van der Waals surface area (Å²) in [6.07, 6.45) is 7.29. The van der Waals surface area contributed by atoms with E-state index >= 15 is 0 Å². The lowest BCUT2D eigenvalue weighted by Crippen LogP contribution is -2.53. The molecule has 4 rings (SSSR count). The quantitative estimate of drug-likeness (QED) is 0.901. The molecule has 2 aliphatic rings. The summed E-state index contributed by atoms with van der Waals surface area (Å²) in [7, 11) is 0. The molecule has 2 aliphatic heterocycles. The van der Waals surface area contributed by atoms with E-state index in [9.17, 15) is 4.79 Å². The predicted octanol–water partition coefficient (Wildman–Crippen LogP) is 3.49. The number of aromatic amines is 1. The highest BCUT2D eigenvalue weighted by Crippen LogP contribution is 2.39. The van der Waals surface area contributed by atoms with Crippen molar-refractivity contribution in [3.05, 3.63) is 53.3 Å². The number of likely N-dealkylation sites (tertiary alicyclic amines) is 2. The zero-order chi connectivity index (χ0) is 18.7. The van der Waals surface area contributed by atoms with E-state index in [1.807, 2.05) is 0 Å². The van der Waals surface area contributed by atoms with E-state index in [0.717, 1.165) is 56.8 Å². The van der Waals surface area contributed by atoms with Crippen LogP contribution < -0.4 is 0 Å². The second kappa shape index (κ2) is 7.85. The molecule has 1 aromatic carbocycles. The average Bonchev–Trinajstić information content (AvgIpc) is 3.17. The van der Waals surface area contributed by atoms with Crippen LogP contribution in [0.3, 0.4) is 0 Å². The molecule has 1 amide bonds. The molecule has 0 aliphatic carbocycles. The molecule has 2 fully saturated rings. The van der Waals surface area contributed by atoms with Crippen LogP contribution in [-0.4, -0.2) is 52.1 Å². The number of hydrogen-bond donors (Lipinski definition) is 1. The average molecular weight is 367 g/mol. The van der Waals surface area contributed by atoms with Gasteiger partial charge in [0, 0.05) is 37.3 Å². The van der Waals surface area contributed by atoms with E-state index in [1.165, 1.54) is 24.8 Å². The topological polar surface area (TPSA) is 52.2 Å². The molecule has 0 radical (unpaired) electrons. The first-order valence-corrected chi connectivity index (χ1v) is 10.3. The van der Waals surface area contributed by atoms with Crippen LogP contribution in [0.4, 0.5) is 0 Å². The largest absolute Gasteiger partial charge is 0.338 e. The lowest BCUT2D eigenvalue weighted by atomic mass is 9.73. The minimum absolute atomic E-state index is 0.153. The van der Waals surface area contributed by atoms with Crippen molar-refractivity contribution >= 4 is 5.91 Å². The number of benzene rings is 1. The highest BCUT2D eigenvalue weighted by atomic mass is 16.2. The maximum atomic E-state index is 13.1. The predicted molar refractivity (Wildman–Crippen MR) is 106 cm³/mol. The van der Waals surface area contributed by atoms with Gasteiger partial charge in [0.2, 0.25) is 0 Å². The Balaban J connectivity index is 1.45. The van der Waals surface area contributed by atoms with Crippen LogP contribution in [0.1, 0.15) is 54.2 Å². The first-order valence-electron chi connectivity index (χ1n) is 10.3. The molecule has 1 N–H and O–H groups in total. The smallest absolute Gasteiger partial charge is 0.257 e. The molecule has 2 saturated heterocycles. The Hall–Kier alpha value is -2.14. The van der Waals surface area contributed by atoms with E-state index in [1.54, 1.807) is 6.20 Å². The summed E-state index contributed by atoms with van der Waals surface area (Å²) in [6, 6.07) is 10.7. The van der Waals surface area contributed by atoms with Crippen molar-refractivity contribution < 1.29 is 4.79 Å². The molecule has 1 atom stereocenters.